The van der Waals surface area contributed by atoms with Crippen molar-refractivity contribution in [3.63, 3.8) is 0 Å². The van der Waals surface area contributed by atoms with E-state index in [1.165, 1.54) is 5.56 Å². The molecule has 0 aliphatic carbocycles. The van der Waals surface area contributed by atoms with Crippen LogP contribution in [0.25, 0.3) is 0 Å². The van der Waals surface area contributed by atoms with Gasteiger partial charge in [-0.1, -0.05) is 17.7 Å². The van der Waals surface area contributed by atoms with Crippen molar-refractivity contribution in [2.24, 2.45) is 0 Å². The number of nitrogens with zero attached hydrogens (tertiary/aromatic N) is 2. The molecule has 1 unspecified atom stereocenters. The van der Waals surface area contributed by atoms with Crippen LogP contribution in [0.5, 0.6) is 5.75 Å². The van der Waals surface area contributed by atoms with Crippen LogP contribution in [-0.2, 0) is 0 Å². The second kappa shape index (κ2) is 5.72. The Kier molecular flexibility index (Phi) is 3.96. The molecule has 4 nitrogen and oxygen atoms in total. The van der Waals surface area contributed by atoms with Crippen LogP contribution < -0.4 is 5.32 Å². The predicted octanol–water partition coefficient (Wildman–Crippen LogP) is 1.35. The molecule has 2 fully saturated rings. The van der Waals surface area contributed by atoms with E-state index in [4.69, 9.17) is 0 Å². The van der Waals surface area contributed by atoms with Gasteiger partial charge in [0.1, 0.15) is 5.75 Å². The summed E-state index contributed by atoms with van der Waals surface area (Å²) in [6, 6.07) is 6.93. The minimum atomic E-state index is 0.288. The van der Waals surface area contributed by atoms with Gasteiger partial charge in [0.25, 0.3) is 0 Å². The van der Waals surface area contributed by atoms with Crippen molar-refractivity contribution in [2.45, 2.75) is 25.9 Å². The van der Waals surface area contributed by atoms with Crippen LogP contribution in [0.15, 0.2) is 18.2 Å². The molecule has 1 aromatic rings. The zero-order chi connectivity index (χ0) is 14.1. The van der Waals surface area contributed by atoms with Gasteiger partial charge in [-0.05, 0) is 19.9 Å². The van der Waals surface area contributed by atoms with E-state index in [-0.39, 0.29) is 6.04 Å². The summed E-state index contributed by atoms with van der Waals surface area (Å²) >= 11 is 0. The second-order valence-electron chi connectivity index (χ2n) is 6.12. The molecule has 110 valence electrons. The number of rotatable bonds is 3. The van der Waals surface area contributed by atoms with Gasteiger partial charge in [0, 0.05) is 56.9 Å². The molecule has 0 bridgehead atoms. The van der Waals surface area contributed by atoms with Crippen LogP contribution in [-0.4, -0.2) is 60.2 Å². The summed E-state index contributed by atoms with van der Waals surface area (Å²) in [5.41, 5.74) is 2.27. The predicted molar refractivity (Wildman–Crippen MR) is 81.1 cm³/mol. The minimum Gasteiger partial charge on any atom is -0.508 e. The maximum atomic E-state index is 10.1. The highest BCUT2D eigenvalue weighted by molar-refractivity contribution is 5.37. The Hall–Kier alpha value is -1.10. The van der Waals surface area contributed by atoms with Crippen LogP contribution in [0, 0.1) is 6.92 Å². The first-order valence-corrected chi connectivity index (χ1v) is 7.63. The minimum absolute atomic E-state index is 0.288. The highest BCUT2D eigenvalue weighted by atomic mass is 16.3. The van der Waals surface area contributed by atoms with Gasteiger partial charge in [0.15, 0.2) is 0 Å². The highest BCUT2D eigenvalue weighted by Gasteiger charge is 2.29. The van der Waals surface area contributed by atoms with Crippen molar-refractivity contribution in [1.82, 2.24) is 15.1 Å². The first-order chi connectivity index (χ1) is 9.65. The molecule has 2 heterocycles. The third-order valence-electron chi connectivity index (χ3n) is 4.81. The van der Waals surface area contributed by atoms with E-state index in [9.17, 15) is 5.11 Å². The Morgan fingerprint density at radius 2 is 1.90 bits per heavy atom. The first-order valence-electron chi connectivity index (χ1n) is 7.63. The molecule has 0 amide bonds. The van der Waals surface area contributed by atoms with Crippen LogP contribution in [0.4, 0.5) is 0 Å². The Labute approximate surface area is 121 Å². The first kappa shape index (κ1) is 13.9. The average Bonchev–Trinajstić information content (AvgIpc) is 2.40. The molecule has 2 N–H and O–H groups in total. The zero-order valence-electron chi connectivity index (χ0n) is 12.5. The third kappa shape index (κ3) is 2.68. The average molecular weight is 275 g/mol. The van der Waals surface area contributed by atoms with Gasteiger partial charge < -0.3 is 10.4 Å². The van der Waals surface area contributed by atoms with Gasteiger partial charge in [0.2, 0.25) is 0 Å². The van der Waals surface area contributed by atoms with E-state index < -0.39 is 0 Å². The van der Waals surface area contributed by atoms with Gasteiger partial charge in [-0.15, -0.1) is 0 Å². The number of hydrogen-bond donors (Lipinski definition) is 2. The molecule has 1 atom stereocenters. The van der Waals surface area contributed by atoms with Gasteiger partial charge in [-0.3, -0.25) is 9.80 Å². The fourth-order valence-corrected chi connectivity index (χ4v) is 3.23. The summed E-state index contributed by atoms with van der Waals surface area (Å²) in [5, 5.41) is 13.4. The van der Waals surface area contributed by atoms with Crippen LogP contribution in [0.2, 0.25) is 0 Å². The monoisotopic (exact) mass is 275 g/mol. The molecule has 0 radical (unpaired) electrons. The van der Waals surface area contributed by atoms with Crippen LogP contribution in [0.3, 0.4) is 0 Å². The molecule has 0 spiro atoms. The Balaban J connectivity index is 1.63. The number of aryl methyl sites for hydroxylation is 1. The zero-order valence-corrected chi connectivity index (χ0v) is 12.5. The number of benzene rings is 1. The number of nitrogens with one attached hydrogen (secondary N) is 1. The van der Waals surface area contributed by atoms with E-state index in [1.807, 2.05) is 12.1 Å². The standard InChI is InChI=1S/C16H25N3O/c1-12-3-4-16(20)15(9-12)13(2)18-5-7-19(8-6-18)14-10-17-11-14/h3-4,9,13-14,17,20H,5-8,10-11H2,1-2H3. The molecule has 20 heavy (non-hydrogen) atoms. The van der Waals surface area contributed by atoms with E-state index in [0.717, 1.165) is 50.9 Å². The maximum Gasteiger partial charge on any atom is 0.120 e. The van der Waals surface area contributed by atoms with Crippen molar-refractivity contribution in [3.05, 3.63) is 29.3 Å². The lowest BCUT2D eigenvalue weighted by molar-refractivity contribution is 0.0547. The van der Waals surface area contributed by atoms with Crippen molar-refractivity contribution in [1.29, 1.82) is 0 Å². The highest BCUT2D eigenvalue weighted by Crippen LogP contribution is 2.30. The smallest absolute Gasteiger partial charge is 0.120 e. The molecule has 3 rings (SSSR count). The van der Waals surface area contributed by atoms with Gasteiger partial charge >= 0.3 is 0 Å². The van der Waals surface area contributed by atoms with Crippen molar-refractivity contribution in [3.8, 4) is 5.75 Å². The number of phenols is 1. The summed E-state index contributed by atoms with van der Waals surface area (Å²) in [6.07, 6.45) is 0. The molecule has 4 heteroatoms. The summed E-state index contributed by atoms with van der Waals surface area (Å²) in [6.45, 7) is 11.0. The van der Waals surface area contributed by atoms with E-state index in [1.54, 1.807) is 0 Å². The number of piperazine rings is 1. The maximum absolute atomic E-state index is 10.1. The lowest BCUT2D eigenvalue weighted by Gasteiger charge is -2.44. The SMILES string of the molecule is Cc1ccc(O)c(C(C)N2CCN(C3CNC3)CC2)c1. The molecule has 0 saturated carbocycles. The molecule has 2 aliphatic rings. The largest absolute Gasteiger partial charge is 0.508 e. The fraction of sp³-hybridized carbons (Fsp3) is 0.625. The van der Waals surface area contributed by atoms with Gasteiger partial charge in [-0.25, -0.2) is 0 Å². The van der Waals surface area contributed by atoms with Crippen molar-refractivity contribution >= 4 is 0 Å². The van der Waals surface area contributed by atoms with E-state index >= 15 is 0 Å². The number of aromatic hydroxyl groups is 1. The normalized spacial score (nSPS) is 23.5. The summed E-state index contributed by atoms with van der Waals surface area (Å²) in [4.78, 5) is 5.08. The summed E-state index contributed by atoms with van der Waals surface area (Å²) in [5.74, 6) is 0.425. The van der Waals surface area contributed by atoms with Crippen LogP contribution in [0.1, 0.15) is 24.1 Å². The lowest BCUT2D eigenvalue weighted by Crippen LogP contribution is -2.61. The lowest BCUT2D eigenvalue weighted by atomic mass is 10.0. The summed E-state index contributed by atoms with van der Waals surface area (Å²) in [7, 11) is 0. The van der Waals surface area contributed by atoms with Crippen LogP contribution >= 0.6 is 0 Å². The van der Waals surface area contributed by atoms with Crippen molar-refractivity contribution < 1.29 is 5.11 Å². The summed E-state index contributed by atoms with van der Waals surface area (Å²) < 4.78 is 0. The van der Waals surface area contributed by atoms with E-state index in [2.05, 4.69) is 35.0 Å². The third-order valence-corrected chi connectivity index (χ3v) is 4.81. The molecule has 0 aromatic heterocycles. The molecule has 2 saturated heterocycles. The van der Waals surface area contributed by atoms with Gasteiger partial charge in [-0.2, -0.15) is 0 Å². The van der Waals surface area contributed by atoms with Gasteiger partial charge in [0.05, 0.1) is 0 Å². The number of hydrogen-bond acceptors (Lipinski definition) is 4. The molecular formula is C16H25N3O. The Bertz CT molecular complexity index is 465. The number of phenolic OH excluding ortho intramolecular Hbond substituents is 1. The fourth-order valence-electron chi connectivity index (χ4n) is 3.23. The Morgan fingerprint density at radius 1 is 1.20 bits per heavy atom. The molecular weight excluding hydrogens is 250 g/mol. The molecule has 1 aromatic carbocycles. The molecule has 2 aliphatic heterocycles. The second-order valence-corrected chi connectivity index (χ2v) is 6.12. The Morgan fingerprint density at radius 3 is 2.50 bits per heavy atom. The topological polar surface area (TPSA) is 38.7 Å². The van der Waals surface area contributed by atoms with E-state index in [0.29, 0.717) is 5.75 Å². The quantitative estimate of drug-likeness (QED) is 0.873. The van der Waals surface area contributed by atoms with Crippen molar-refractivity contribution in [2.75, 3.05) is 39.3 Å².